The van der Waals surface area contributed by atoms with E-state index in [-0.39, 0.29) is 24.0 Å². The highest BCUT2D eigenvalue weighted by Crippen LogP contribution is 2.31. The van der Waals surface area contributed by atoms with Gasteiger partial charge in [-0.3, -0.25) is 10.1 Å². The van der Waals surface area contributed by atoms with Crippen molar-refractivity contribution in [2.75, 3.05) is 17.6 Å². The van der Waals surface area contributed by atoms with Crippen LogP contribution in [-0.2, 0) is 0 Å². The minimum Gasteiger partial charge on any atom is -0.478 e. The second-order valence-corrected chi connectivity index (χ2v) is 4.79. The van der Waals surface area contributed by atoms with E-state index in [0.29, 0.717) is 12.1 Å². The molecule has 0 radical (unpaired) electrons. The molecule has 11 heteroatoms. The van der Waals surface area contributed by atoms with Crippen molar-refractivity contribution < 1.29 is 32.4 Å². The number of carbonyl (C=O) groups is 1. The summed E-state index contributed by atoms with van der Waals surface area (Å²) in [7, 11) is 0. The van der Waals surface area contributed by atoms with Gasteiger partial charge in [0, 0.05) is 24.4 Å². The van der Waals surface area contributed by atoms with Crippen molar-refractivity contribution in [1.29, 1.82) is 0 Å². The van der Waals surface area contributed by atoms with Gasteiger partial charge in [0.1, 0.15) is 17.1 Å². The molecule has 0 heterocycles. The third kappa shape index (κ3) is 5.10. The van der Waals surface area contributed by atoms with Gasteiger partial charge in [-0.2, -0.15) is 13.2 Å². The molecule has 21 heavy (non-hydrogen) atoms. The topological polar surface area (TPSA) is 92.5 Å². The van der Waals surface area contributed by atoms with Crippen LogP contribution in [0.3, 0.4) is 0 Å². The zero-order valence-electron chi connectivity index (χ0n) is 10.1. The SMILES string of the molecule is O=C(O)c1cc([N+](=O)[O-])c(NCCSC(F)(F)F)cc1F. The molecule has 6 nitrogen and oxygen atoms in total. The highest BCUT2D eigenvalue weighted by atomic mass is 32.2. The van der Waals surface area contributed by atoms with Crippen LogP contribution in [0, 0.1) is 15.9 Å². The van der Waals surface area contributed by atoms with Crippen molar-refractivity contribution in [2.24, 2.45) is 0 Å². The van der Waals surface area contributed by atoms with Crippen LogP contribution in [0.2, 0.25) is 0 Å². The average molecular weight is 328 g/mol. The number of rotatable bonds is 6. The Morgan fingerprint density at radius 1 is 1.43 bits per heavy atom. The Bertz CT molecular complexity index is 565. The number of nitrogens with one attached hydrogen (secondary N) is 1. The predicted molar refractivity (Wildman–Crippen MR) is 67.0 cm³/mol. The standard InChI is InChI=1S/C10H8F4N2O4S/c11-6-4-7(15-1-2-21-10(12,13)14)8(16(19)20)3-5(6)9(17)18/h3-4,15H,1-2H2,(H,17,18). The molecule has 1 aromatic carbocycles. The molecule has 0 atom stereocenters. The van der Waals surface area contributed by atoms with E-state index < -0.39 is 39.2 Å². The third-order valence-electron chi connectivity index (χ3n) is 2.20. The van der Waals surface area contributed by atoms with E-state index in [2.05, 4.69) is 5.32 Å². The molecular weight excluding hydrogens is 320 g/mol. The molecule has 0 aliphatic carbocycles. The van der Waals surface area contributed by atoms with Gasteiger partial charge < -0.3 is 10.4 Å². The lowest BCUT2D eigenvalue weighted by atomic mass is 10.1. The normalized spacial score (nSPS) is 11.2. The molecule has 0 fully saturated rings. The summed E-state index contributed by atoms with van der Waals surface area (Å²) in [4.78, 5) is 20.5. The number of halogens is 4. The molecule has 0 spiro atoms. The summed E-state index contributed by atoms with van der Waals surface area (Å²) in [6.45, 7) is -0.309. The molecule has 0 aromatic heterocycles. The molecule has 1 rings (SSSR count). The lowest BCUT2D eigenvalue weighted by Gasteiger charge is -2.09. The molecule has 0 aliphatic heterocycles. The summed E-state index contributed by atoms with van der Waals surface area (Å²) < 4.78 is 49.1. The largest absolute Gasteiger partial charge is 0.478 e. The van der Waals surface area contributed by atoms with Gasteiger partial charge in [0.05, 0.1) is 4.92 Å². The van der Waals surface area contributed by atoms with Crippen molar-refractivity contribution >= 4 is 29.1 Å². The molecule has 0 bridgehead atoms. The zero-order chi connectivity index (χ0) is 16.2. The van der Waals surface area contributed by atoms with Crippen molar-refractivity contribution in [3.63, 3.8) is 0 Å². The fourth-order valence-corrected chi connectivity index (χ4v) is 1.81. The summed E-state index contributed by atoms with van der Waals surface area (Å²) in [6, 6.07) is 1.08. The first-order chi connectivity index (χ1) is 9.61. The van der Waals surface area contributed by atoms with E-state index in [0.717, 1.165) is 0 Å². The summed E-state index contributed by atoms with van der Waals surface area (Å²) in [5.74, 6) is -3.35. The number of carboxylic acid groups (broad SMARTS) is 1. The van der Waals surface area contributed by atoms with E-state index >= 15 is 0 Å². The zero-order valence-corrected chi connectivity index (χ0v) is 10.9. The van der Waals surface area contributed by atoms with Crippen LogP contribution < -0.4 is 5.32 Å². The maximum absolute atomic E-state index is 13.4. The maximum Gasteiger partial charge on any atom is 0.441 e. The number of nitro groups is 1. The third-order valence-corrected chi connectivity index (χ3v) is 2.93. The molecule has 0 amide bonds. The van der Waals surface area contributed by atoms with Crippen LogP contribution in [0.1, 0.15) is 10.4 Å². The quantitative estimate of drug-likeness (QED) is 0.361. The summed E-state index contributed by atoms with van der Waals surface area (Å²) in [5.41, 5.74) is -6.44. The van der Waals surface area contributed by atoms with Gasteiger partial charge in [0.15, 0.2) is 0 Å². The number of anilines is 1. The highest BCUT2D eigenvalue weighted by molar-refractivity contribution is 8.00. The summed E-state index contributed by atoms with van der Waals surface area (Å²) in [5, 5.41) is 21.7. The molecule has 1 aromatic rings. The fraction of sp³-hybridized carbons (Fsp3) is 0.300. The van der Waals surface area contributed by atoms with Gasteiger partial charge in [0.2, 0.25) is 0 Å². The summed E-state index contributed by atoms with van der Waals surface area (Å²) in [6.07, 6.45) is 0. The number of hydrogen-bond donors (Lipinski definition) is 2. The molecule has 2 N–H and O–H groups in total. The van der Waals surface area contributed by atoms with Crippen LogP contribution in [0.25, 0.3) is 0 Å². The molecule has 116 valence electrons. The number of thioether (sulfide) groups is 1. The van der Waals surface area contributed by atoms with Gasteiger partial charge in [-0.05, 0) is 11.8 Å². The Balaban J connectivity index is 2.89. The molecule has 0 saturated carbocycles. The number of alkyl halides is 3. The van der Waals surface area contributed by atoms with Gasteiger partial charge in [-0.15, -0.1) is 0 Å². The first-order valence-corrected chi connectivity index (χ1v) is 6.26. The van der Waals surface area contributed by atoms with Gasteiger partial charge in [-0.1, -0.05) is 0 Å². The van der Waals surface area contributed by atoms with E-state index in [1.807, 2.05) is 0 Å². The molecule has 0 aliphatic rings. The predicted octanol–water partition coefficient (Wildman–Crippen LogP) is 3.10. The van der Waals surface area contributed by atoms with Crippen LogP contribution >= 0.6 is 11.8 Å². The van der Waals surface area contributed by atoms with Crippen LogP contribution in [-0.4, -0.2) is 33.8 Å². The molecule has 0 saturated heterocycles. The Labute approximate surface area is 119 Å². The van der Waals surface area contributed by atoms with Crippen LogP contribution in [0.15, 0.2) is 12.1 Å². The minimum atomic E-state index is -4.44. The Kier molecular flexibility index (Phi) is 5.35. The number of aromatic carboxylic acids is 1. The smallest absolute Gasteiger partial charge is 0.441 e. The Morgan fingerprint density at radius 2 is 2.05 bits per heavy atom. The van der Waals surface area contributed by atoms with Crippen molar-refractivity contribution in [2.45, 2.75) is 5.51 Å². The number of nitro benzene ring substituents is 1. The van der Waals surface area contributed by atoms with Gasteiger partial charge in [-0.25, -0.2) is 9.18 Å². The van der Waals surface area contributed by atoms with Crippen molar-refractivity contribution in [3.8, 4) is 0 Å². The molecular formula is C10H8F4N2O4S. The fourth-order valence-electron chi connectivity index (χ4n) is 1.37. The van der Waals surface area contributed by atoms with Crippen molar-refractivity contribution in [1.82, 2.24) is 0 Å². The number of nitrogens with zero attached hydrogens (tertiary/aromatic N) is 1. The van der Waals surface area contributed by atoms with E-state index in [1.165, 1.54) is 0 Å². The first kappa shape index (κ1) is 17.0. The van der Waals surface area contributed by atoms with Crippen LogP contribution in [0.5, 0.6) is 0 Å². The van der Waals surface area contributed by atoms with E-state index in [9.17, 15) is 32.5 Å². The summed E-state index contributed by atoms with van der Waals surface area (Å²) >= 11 is -0.341. The second-order valence-electron chi connectivity index (χ2n) is 3.63. The van der Waals surface area contributed by atoms with Gasteiger partial charge in [0.25, 0.3) is 5.69 Å². The molecule has 0 unspecified atom stereocenters. The Morgan fingerprint density at radius 3 is 2.52 bits per heavy atom. The lowest BCUT2D eigenvalue weighted by molar-refractivity contribution is -0.384. The van der Waals surface area contributed by atoms with Gasteiger partial charge >= 0.3 is 11.5 Å². The highest BCUT2D eigenvalue weighted by Gasteiger charge is 2.27. The van der Waals surface area contributed by atoms with E-state index in [1.54, 1.807) is 0 Å². The van der Waals surface area contributed by atoms with E-state index in [4.69, 9.17) is 5.11 Å². The van der Waals surface area contributed by atoms with Crippen molar-refractivity contribution in [3.05, 3.63) is 33.6 Å². The second kappa shape index (κ2) is 6.61. The number of hydrogen-bond acceptors (Lipinski definition) is 5. The number of benzene rings is 1. The number of carboxylic acids is 1. The maximum atomic E-state index is 13.4. The Hall–Kier alpha value is -2.04. The average Bonchev–Trinajstić information content (AvgIpc) is 2.32. The first-order valence-electron chi connectivity index (χ1n) is 5.27. The lowest BCUT2D eigenvalue weighted by Crippen LogP contribution is -2.12. The van der Waals surface area contributed by atoms with Crippen LogP contribution in [0.4, 0.5) is 28.9 Å². The monoisotopic (exact) mass is 328 g/mol. The minimum absolute atomic E-state index is 0.309.